The number of aromatic hydroxyl groups is 2. The quantitative estimate of drug-likeness (QED) is 0.274. The molecule has 0 aliphatic carbocycles. The van der Waals surface area contributed by atoms with E-state index in [9.17, 15) is 19.8 Å². The van der Waals surface area contributed by atoms with Crippen LogP contribution >= 0.6 is 0 Å². The van der Waals surface area contributed by atoms with E-state index in [0.29, 0.717) is 37.2 Å². The summed E-state index contributed by atoms with van der Waals surface area (Å²) in [6.45, 7) is 25.0. The summed E-state index contributed by atoms with van der Waals surface area (Å²) in [5.74, 6) is 0.346. The van der Waals surface area contributed by atoms with Crippen molar-refractivity contribution in [2.45, 2.75) is 136 Å². The predicted molar refractivity (Wildman–Crippen MR) is 167 cm³/mol. The molecule has 0 unspecified atom stereocenters. The van der Waals surface area contributed by atoms with Crippen molar-refractivity contribution in [3.63, 3.8) is 0 Å². The van der Waals surface area contributed by atoms with Crippen LogP contribution in [0.25, 0.3) is 0 Å². The smallest absolute Gasteiger partial charge is 0.322 e. The maximum absolute atomic E-state index is 13.3. The summed E-state index contributed by atoms with van der Waals surface area (Å²) in [6, 6.07) is 7.69. The highest BCUT2D eigenvalue weighted by atomic mass is 16.3. The normalized spacial score (nSPS) is 16.1. The van der Waals surface area contributed by atoms with E-state index in [1.54, 1.807) is 0 Å². The van der Waals surface area contributed by atoms with Crippen LogP contribution in [0, 0.1) is 0 Å². The first-order chi connectivity index (χ1) is 18.5. The number of aryl methyl sites for hydroxylation is 2. The summed E-state index contributed by atoms with van der Waals surface area (Å²) in [5, 5.41) is 27.7. The van der Waals surface area contributed by atoms with Crippen molar-refractivity contribution in [1.82, 2.24) is 10.6 Å². The number of carbonyl (C=O) groups is 2. The zero-order valence-electron chi connectivity index (χ0n) is 27.3. The zero-order chi connectivity index (χ0) is 31.3. The number of urea groups is 1. The summed E-state index contributed by atoms with van der Waals surface area (Å²) in [6.07, 6.45) is 1.99. The van der Waals surface area contributed by atoms with Gasteiger partial charge in [0.05, 0.1) is 0 Å². The lowest BCUT2D eigenvalue weighted by atomic mass is 9.76. The Bertz CT molecular complexity index is 1170. The predicted octanol–water partition coefficient (Wildman–Crippen LogP) is 7.43. The molecule has 6 nitrogen and oxygen atoms in total. The second-order valence-electron chi connectivity index (χ2n) is 16.1. The van der Waals surface area contributed by atoms with E-state index in [2.05, 4.69) is 93.7 Å². The van der Waals surface area contributed by atoms with Crippen LogP contribution < -0.4 is 10.6 Å². The van der Waals surface area contributed by atoms with Gasteiger partial charge in [-0.25, -0.2) is 4.79 Å². The molecular formula is C35H52N2O4. The number of benzene rings is 2. The largest absolute Gasteiger partial charge is 0.507 e. The second kappa shape index (κ2) is 10.7. The van der Waals surface area contributed by atoms with Gasteiger partial charge in [0.25, 0.3) is 5.91 Å². The lowest BCUT2D eigenvalue weighted by molar-refractivity contribution is -0.124. The van der Waals surface area contributed by atoms with Crippen LogP contribution in [-0.2, 0) is 39.3 Å². The summed E-state index contributed by atoms with van der Waals surface area (Å²) in [5.41, 5.74) is 3.48. The van der Waals surface area contributed by atoms with E-state index in [1.807, 2.05) is 24.3 Å². The van der Waals surface area contributed by atoms with Gasteiger partial charge >= 0.3 is 6.03 Å². The fourth-order valence-electron chi connectivity index (χ4n) is 5.68. The summed E-state index contributed by atoms with van der Waals surface area (Å²) in [4.78, 5) is 25.7. The number of imide groups is 1. The molecule has 2 aromatic rings. The van der Waals surface area contributed by atoms with Gasteiger partial charge in [0, 0.05) is 0 Å². The first-order valence-corrected chi connectivity index (χ1v) is 14.8. The summed E-state index contributed by atoms with van der Waals surface area (Å²) in [7, 11) is 0. The molecule has 0 aromatic heterocycles. The molecule has 0 saturated carbocycles. The molecule has 226 valence electrons. The summed E-state index contributed by atoms with van der Waals surface area (Å²) >= 11 is 0. The molecule has 0 spiro atoms. The average molecular weight is 565 g/mol. The minimum Gasteiger partial charge on any atom is -0.507 e. The lowest BCUT2D eigenvalue weighted by Gasteiger charge is -2.30. The third-order valence-electron chi connectivity index (χ3n) is 8.27. The Balaban J connectivity index is 2.00. The Morgan fingerprint density at radius 3 is 1.10 bits per heavy atom. The van der Waals surface area contributed by atoms with Gasteiger partial charge < -0.3 is 15.5 Å². The molecule has 1 saturated heterocycles. The summed E-state index contributed by atoms with van der Waals surface area (Å²) < 4.78 is 0. The van der Waals surface area contributed by atoms with Crippen molar-refractivity contribution >= 4 is 11.9 Å². The highest BCUT2D eigenvalue weighted by Gasteiger charge is 2.45. The van der Waals surface area contributed by atoms with Gasteiger partial charge in [-0.2, -0.15) is 0 Å². The molecule has 3 amide bonds. The Morgan fingerprint density at radius 2 is 0.878 bits per heavy atom. The van der Waals surface area contributed by atoms with Gasteiger partial charge in [-0.15, -0.1) is 0 Å². The molecule has 1 aliphatic rings. The van der Waals surface area contributed by atoms with Crippen LogP contribution in [0.5, 0.6) is 11.5 Å². The van der Waals surface area contributed by atoms with Crippen molar-refractivity contribution < 1.29 is 19.8 Å². The van der Waals surface area contributed by atoms with E-state index in [-0.39, 0.29) is 27.6 Å². The van der Waals surface area contributed by atoms with E-state index in [1.165, 1.54) is 0 Å². The molecule has 1 fully saturated rings. The molecule has 0 bridgehead atoms. The third kappa shape index (κ3) is 7.07. The number of phenolic OH excluding ortho intramolecular Hbond substituents is 2. The van der Waals surface area contributed by atoms with Gasteiger partial charge in [0.15, 0.2) is 0 Å². The number of amides is 3. The van der Waals surface area contributed by atoms with Gasteiger partial charge in [0.1, 0.15) is 17.0 Å². The third-order valence-corrected chi connectivity index (χ3v) is 8.27. The standard InChI is InChI=1S/C35H52N2O4/c1-31(2,3)23-17-21(18-24(27(23)38)32(4,5)6)13-15-35(29(40)36-30(41)37-35)16-14-22-19-25(33(7,8)9)28(39)26(20-22)34(10,11)12/h17-20,38-39H,13-16H2,1-12H3,(H2,36,37,40,41). The SMILES string of the molecule is CC(C)(C)c1cc(CCC2(CCc3cc(C(C)(C)C)c(O)c(C(C)(C)C)c3)NC(=O)NC2=O)cc(C(C)(C)C)c1O. The maximum atomic E-state index is 13.3. The van der Waals surface area contributed by atoms with Crippen LogP contribution in [-0.4, -0.2) is 27.7 Å². The molecule has 0 radical (unpaired) electrons. The number of rotatable bonds is 6. The zero-order valence-corrected chi connectivity index (χ0v) is 27.3. The molecule has 0 atom stereocenters. The minimum absolute atomic E-state index is 0.259. The van der Waals surface area contributed by atoms with Crippen molar-refractivity contribution in [2.24, 2.45) is 0 Å². The number of hydrogen-bond donors (Lipinski definition) is 4. The van der Waals surface area contributed by atoms with Crippen LogP contribution in [0.1, 0.15) is 129 Å². The molecule has 2 aromatic carbocycles. The van der Waals surface area contributed by atoms with Gasteiger partial charge in [-0.3, -0.25) is 10.1 Å². The van der Waals surface area contributed by atoms with Crippen LogP contribution in [0.15, 0.2) is 24.3 Å². The van der Waals surface area contributed by atoms with Gasteiger partial charge in [-0.05, 0) is 80.7 Å². The molecular weight excluding hydrogens is 512 g/mol. The van der Waals surface area contributed by atoms with E-state index < -0.39 is 11.6 Å². The maximum Gasteiger partial charge on any atom is 0.322 e. The van der Waals surface area contributed by atoms with Gasteiger partial charge in [0.2, 0.25) is 0 Å². The van der Waals surface area contributed by atoms with Crippen molar-refractivity contribution in [3.05, 3.63) is 57.6 Å². The molecule has 3 rings (SSSR count). The highest BCUT2D eigenvalue weighted by Crippen LogP contribution is 2.42. The topological polar surface area (TPSA) is 98.7 Å². The Hall–Kier alpha value is -3.02. The Kier molecular flexibility index (Phi) is 8.46. The van der Waals surface area contributed by atoms with E-state index >= 15 is 0 Å². The van der Waals surface area contributed by atoms with Crippen LogP contribution in [0.4, 0.5) is 4.79 Å². The lowest BCUT2D eigenvalue weighted by Crippen LogP contribution is -2.47. The first kappa shape index (κ1) is 32.5. The second-order valence-corrected chi connectivity index (χ2v) is 16.1. The minimum atomic E-state index is -1.06. The molecule has 4 N–H and O–H groups in total. The van der Waals surface area contributed by atoms with Crippen molar-refractivity contribution in [2.75, 3.05) is 0 Å². The molecule has 1 heterocycles. The highest BCUT2D eigenvalue weighted by molar-refractivity contribution is 6.07. The number of phenols is 2. The van der Waals surface area contributed by atoms with Crippen molar-refractivity contribution in [1.29, 1.82) is 0 Å². The Labute approximate surface area is 247 Å². The monoisotopic (exact) mass is 564 g/mol. The molecule has 1 aliphatic heterocycles. The van der Waals surface area contributed by atoms with Gasteiger partial charge in [-0.1, -0.05) is 107 Å². The van der Waals surface area contributed by atoms with Crippen LogP contribution in [0.3, 0.4) is 0 Å². The fourth-order valence-corrected chi connectivity index (χ4v) is 5.68. The first-order valence-electron chi connectivity index (χ1n) is 14.8. The van der Waals surface area contributed by atoms with E-state index in [4.69, 9.17) is 0 Å². The van der Waals surface area contributed by atoms with Crippen LogP contribution in [0.2, 0.25) is 0 Å². The average Bonchev–Trinajstić information content (AvgIpc) is 3.07. The van der Waals surface area contributed by atoms with E-state index in [0.717, 1.165) is 33.4 Å². The number of nitrogens with one attached hydrogen (secondary N) is 2. The molecule has 41 heavy (non-hydrogen) atoms. The molecule has 6 heteroatoms. The Morgan fingerprint density at radius 1 is 0.585 bits per heavy atom. The number of carbonyl (C=O) groups excluding carboxylic acids is 2. The fraction of sp³-hybridized carbons (Fsp3) is 0.600. The number of hydrogen-bond acceptors (Lipinski definition) is 4. The van der Waals surface area contributed by atoms with Crippen molar-refractivity contribution in [3.8, 4) is 11.5 Å².